The van der Waals surface area contributed by atoms with Crippen LogP contribution in [0, 0.1) is 0 Å². The molecule has 0 aliphatic heterocycles. The summed E-state index contributed by atoms with van der Waals surface area (Å²) in [5, 5.41) is 11.1. The number of oxime groups is 1. The summed E-state index contributed by atoms with van der Waals surface area (Å²) in [5.74, 6) is 0.138. The number of nitrogens with two attached hydrogens (primary N) is 1. The van der Waals surface area contributed by atoms with Gasteiger partial charge in [-0.2, -0.15) is 13.2 Å². The number of amidine groups is 1. The molecule has 0 spiro atoms. The molecule has 0 radical (unpaired) electrons. The number of halogens is 3. The van der Waals surface area contributed by atoms with Crippen LogP contribution in [0.5, 0.6) is 5.75 Å². The molecule has 94 valence electrons. The van der Waals surface area contributed by atoms with E-state index in [2.05, 4.69) is 9.89 Å². The quantitative estimate of drug-likeness (QED) is 0.370. The molecule has 1 aromatic rings. The zero-order valence-corrected chi connectivity index (χ0v) is 8.74. The molecule has 7 heteroatoms. The van der Waals surface area contributed by atoms with E-state index < -0.39 is 12.8 Å². The highest BCUT2D eigenvalue weighted by Crippen LogP contribution is 2.18. The van der Waals surface area contributed by atoms with Crippen molar-refractivity contribution >= 4 is 5.84 Å². The fourth-order valence-corrected chi connectivity index (χ4v) is 1.11. The predicted molar refractivity (Wildman–Crippen MR) is 55.1 cm³/mol. The summed E-state index contributed by atoms with van der Waals surface area (Å²) in [7, 11) is 0. The van der Waals surface area contributed by atoms with E-state index >= 15 is 0 Å². The molecule has 1 aromatic carbocycles. The van der Waals surface area contributed by atoms with Crippen LogP contribution < -0.4 is 10.5 Å². The first-order valence-electron chi connectivity index (χ1n) is 4.65. The van der Waals surface area contributed by atoms with Gasteiger partial charge in [-0.3, -0.25) is 0 Å². The van der Waals surface area contributed by atoms with Gasteiger partial charge in [-0.05, 0) is 17.7 Å². The van der Waals surface area contributed by atoms with Crippen molar-refractivity contribution in [1.82, 2.24) is 0 Å². The summed E-state index contributed by atoms with van der Waals surface area (Å²) in [6.45, 7) is -1.33. The van der Waals surface area contributed by atoms with Crippen LogP contribution in [0.4, 0.5) is 13.2 Å². The van der Waals surface area contributed by atoms with Crippen molar-refractivity contribution in [3.05, 3.63) is 29.8 Å². The molecule has 1 rings (SSSR count). The van der Waals surface area contributed by atoms with Crippen LogP contribution in [-0.4, -0.2) is 23.8 Å². The first-order valence-corrected chi connectivity index (χ1v) is 4.65. The molecular weight excluding hydrogens is 237 g/mol. The molecule has 0 fully saturated rings. The molecule has 0 aliphatic carbocycles. The third kappa shape index (κ3) is 5.10. The van der Waals surface area contributed by atoms with E-state index in [1.54, 1.807) is 12.1 Å². The standard InChI is InChI=1S/C10H11F3N2O2/c11-10(12,13)6-17-8-3-1-7(2-4-8)5-9(14)15-16/h1-4,16H,5-6H2,(H2,14,15). The lowest BCUT2D eigenvalue weighted by atomic mass is 10.1. The number of rotatable bonds is 4. The number of nitrogens with zero attached hydrogens (tertiary/aromatic N) is 1. The highest BCUT2D eigenvalue weighted by Gasteiger charge is 2.28. The highest BCUT2D eigenvalue weighted by molar-refractivity contribution is 5.81. The van der Waals surface area contributed by atoms with E-state index in [0.29, 0.717) is 5.56 Å². The molecule has 0 aromatic heterocycles. The lowest BCUT2D eigenvalue weighted by Crippen LogP contribution is -2.19. The minimum absolute atomic E-state index is 0.0222. The molecule has 0 aliphatic rings. The zero-order chi connectivity index (χ0) is 12.9. The molecule has 0 atom stereocenters. The van der Waals surface area contributed by atoms with Gasteiger partial charge in [-0.1, -0.05) is 17.3 Å². The monoisotopic (exact) mass is 248 g/mol. The molecule has 0 heterocycles. The summed E-state index contributed by atoms with van der Waals surface area (Å²) < 4.78 is 40.1. The molecule has 0 amide bonds. The van der Waals surface area contributed by atoms with Gasteiger partial charge >= 0.3 is 6.18 Å². The summed E-state index contributed by atoms with van der Waals surface area (Å²) in [6.07, 6.45) is -4.14. The van der Waals surface area contributed by atoms with Crippen molar-refractivity contribution < 1.29 is 23.1 Å². The Morgan fingerprint density at radius 1 is 1.29 bits per heavy atom. The second-order valence-electron chi connectivity index (χ2n) is 3.32. The second kappa shape index (κ2) is 5.42. The largest absolute Gasteiger partial charge is 0.484 e. The topological polar surface area (TPSA) is 67.8 Å². The van der Waals surface area contributed by atoms with Gasteiger partial charge in [0.1, 0.15) is 11.6 Å². The number of hydrogen-bond acceptors (Lipinski definition) is 3. The summed E-state index contributed by atoms with van der Waals surface area (Å²) in [6, 6.07) is 5.88. The van der Waals surface area contributed by atoms with E-state index in [0.717, 1.165) is 0 Å². The Bertz CT molecular complexity index is 388. The van der Waals surface area contributed by atoms with Crippen LogP contribution in [0.15, 0.2) is 29.4 Å². The minimum atomic E-state index is -4.35. The molecule has 17 heavy (non-hydrogen) atoms. The number of alkyl halides is 3. The Hall–Kier alpha value is -1.92. The van der Waals surface area contributed by atoms with Crippen molar-refractivity contribution in [2.75, 3.05) is 6.61 Å². The zero-order valence-electron chi connectivity index (χ0n) is 8.74. The summed E-state index contributed by atoms with van der Waals surface area (Å²) in [4.78, 5) is 0. The van der Waals surface area contributed by atoms with Crippen molar-refractivity contribution in [2.45, 2.75) is 12.6 Å². The van der Waals surface area contributed by atoms with Crippen LogP contribution in [-0.2, 0) is 6.42 Å². The van der Waals surface area contributed by atoms with Crippen molar-refractivity contribution in [3.8, 4) is 5.75 Å². The van der Waals surface area contributed by atoms with Gasteiger partial charge in [0, 0.05) is 6.42 Å². The van der Waals surface area contributed by atoms with Crippen LogP contribution in [0.2, 0.25) is 0 Å². The Balaban J connectivity index is 2.56. The Morgan fingerprint density at radius 2 is 1.88 bits per heavy atom. The average Bonchev–Trinajstić information content (AvgIpc) is 2.27. The van der Waals surface area contributed by atoms with Gasteiger partial charge < -0.3 is 15.7 Å². The van der Waals surface area contributed by atoms with Crippen LogP contribution in [0.25, 0.3) is 0 Å². The fraction of sp³-hybridized carbons (Fsp3) is 0.300. The predicted octanol–water partition coefficient (Wildman–Crippen LogP) is 1.92. The van der Waals surface area contributed by atoms with Gasteiger partial charge in [-0.25, -0.2) is 0 Å². The van der Waals surface area contributed by atoms with E-state index in [1.807, 2.05) is 0 Å². The van der Waals surface area contributed by atoms with E-state index in [9.17, 15) is 13.2 Å². The first kappa shape index (κ1) is 13.1. The molecule has 0 bridgehead atoms. The van der Waals surface area contributed by atoms with Crippen LogP contribution in [0.3, 0.4) is 0 Å². The lowest BCUT2D eigenvalue weighted by Gasteiger charge is -2.09. The first-order chi connectivity index (χ1) is 7.90. The average molecular weight is 248 g/mol. The molecule has 0 saturated carbocycles. The molecular formula is C10H11F3N2O2. The third-order valence-electron chi connectivity index (χ3n) is 1.84. The van der Waals surface area contributed by atoms with Gasteiger partial charge in [0.15, 0.2) is 6.61 Å². The van der Waals surface area contributed by atoms with E-state index in [-0.39, 0.29) is 18.0 Å². The maximum Gasteiger partial charge on any atom is 0.422 e. The molecule has 0 saturated heterocycles. The Kier molecular flexibility index (Phi) is 4.19. The van der Waals surface area contributed by atoms with Gasteiger partial charge in [0.2, 0.25) is 0 Å². The molecule has 0 unspecified atom stereocenters. The summed E-state index contributed by atoms with van der Waals surface area (Å²) in [5.41, 5.74) is 5.99. The Labute approximate surface area is 95.5 Å². The number of hydrogen-bond donors (Lipinski definition) is 2. The van der Waals surface area contributed by atoms with Crippen LogP contribution in [0.1, 0.15) is 5.56 Å². The normalized spacial score (nSPS) is 12.5. The number of benzene rings is 1. The molecule has 4 nitrogen and oxygen atoms in total. The Morgan fingerprint density at radius 3 is 2.35 bits per heavy atom. The van der Waals surface area contributed by atoms with Crippen molar-refractivity contribution in [3.63, 3.8) is 0 Å². The van der Waals surface area contributed by atoms with Crippen LogP contribution >= 0.6 is 0 Å². The fourth-order valence-electron chi connectivity index (χ4n) is 1.11. The summed E-state index contributed by atoms with van der Waals surface area (Å²) >= 11 is 0. The second-order valence-corrected chi connectivity index (χ2v) is 3.32. The van der Waals surface area contributed by atoms with Gasteiger partial charge in [-0.15, -0.1) is 0 Å². The van der Waals surface area contributed by atoms with Gasteiger partial charge in [0.05, 0.1) is 0 Å². The third-order valence-corrected chi connectivity index (χ3v) is 1.84. The maximum absolute atomic E-state index is 11.9. The van der Waals surface area contributed by atoms with E-state index in [4.69, 9.17) is 10.9 Å². The smallest absolute Gasteiger partial charge is 0.422 e. The van der Waals surface area contributed by atoms with Crippen molar-refractivity contribution in [1.29, 1.82) is 0 Å². The highest BCUT2D eigenvalue weighted by atomic mass is 19.4. The van der Waals surface area contributed by atoms with Crippen molar-refractivity contribution in [2.24, 2.45) is 10.9 Å². The van der Waals surface area contributed by atoms with Gasteiger partial charge in [0.25, 0.3) is 0 Å². The lowest BCUT2D eigenvalue weighted by molar-refractivity contribution is -0.153. The minimum Gasteiger partial charge on any atom is -0.484 e. The van der Waals surface area contributed by atoms with E-state index in [1.165, 1.54) is 12.1 Å². The molecule has 3 N–H and O–H groups in total. The SMILES string of the molecule is N/C(Cc1ccc(OCC(F)(F)F)cc1)=N\O. The number of ether oxygens (including phenoxy) is 1. The maximum atomic E-state index is 11.9.